The van der Waals surface area contributed by atoms with Crippen LogP contribution in [0.4, 0.5) is 5.69 Å². The highest BCUT2D eigenvalue weighted by Crippen LogP contribution is 2.16. The van der Waals surface area contributed by atoms with Gasteiger partial charge in [-0.15, -0.1) is 0 Å². The van der Waals surface area contributed by atoms with Gasteiger partial charge in [-0.2, -0.15) is 0 Å². The molecule has 0 fully saturated rings. The molecule has 0 saturated carbocycles. The maximum atomic E-state index is 11.0. The molecule has 0 unspecified atom stereocenters. The van der Waals surface area contributed by atoms with Crippen LogP contribution in [0.3, 0.4) is 0 Å². The highest BCUT2D eigenvalue weighted by molar-refractivity contribution is 5.76. The number of H-pyrrole nitrogens is 1. The zero-order valence-electron chi connectivity index (χ0n) is 10.1. The molecule has 0 bridgehead atoms. The number of nitrogens with one attached hydrogen (secondary N) is 2. The number of unbranched alkanes of at least 4 members (excludes halogenated alkanes) is 3. The summed E-state index contributed by atoms with van der Waals surface area (Å²) in [6.45, 7) is 3.17. The van der Waals surface area contributed by atoms with Crippen LogP contribution in [0.15, 0.2) is 27.4 Å². The summed E-state index contributed by atoms with van der Waals surface area (Å²) in [6.07, 6.45) is 4.97. The van der Waals surface area contributed by atoms with Crippen molar-refractivity contribution in [2.45, 2.75) is 32.6 Å². The predicted octanol–water partition coefficient (Wildman–Crippen LogP) is 3.11. The minimum atomic E-state index is -0.403. The first kappa shape index (κ1) is 11.8. The van der Waals surface area contributed by atoms with Crippen LogP contribution in [0.1, 0.15) is 32.6 Å². The van der Waals surface area contributed by atoms with E-state index < -0.39 is 5.76 Å². The second-order valence-corrected chi connectivity index (χ2v) is 4.21. The summed E-state index contributed by atoms with van der Waals surface area (Å²) in [7, 11) is 0. The number of anilines is 1. The Hall–Kier alpha value is -1.71. The maximum Gasteiger partial charge on any atom is 0.417 e. The van der Waals surface area contributed by atoms with Crippen LogP contribution in [0.5, 0.6) is 0 Å². The molecular formula is C13H18N2O2. The zero-order chi connectivity index (χ0) is 12.1. The van der Waals surface area contributed by atoms with Crippen molar-refractivity contribution in [3.8, 4) is 0 Å². The monoisotopic (exact) mass is 234 g/mol. The zero-order valence-corrected chi connectivity index (χ0v) is 10.1. The van der Waals surface area contributed by atoms with E-state index in [0.717, 1.165) is 17.7 Å². The standard InChI is InChI=1S/C13H18N2O2/c1-2-3-4-5-8-14-10-6-7-12-11(9-10)15-13(16)17-12/h6-7,9,14H,2-5,8H2,1H3,(H,15,16). The van der Waals surface area contributed by atoms with Gasteiger partial charge in [0.15, 0.2) is 5.58 Å². The Balaban J connectivity index is 1.92. The normalized spacial score (nSPS) is 10.9. The molecular weight excluding hydrogens is 216 g/mol. The molecule has 92 valence electrons. The van der Waals surface area contributed by atoms with Crippen molar-refractivity contribution in [1.82, 2.24) is 4.98 Å². The van der Waals surface area contributed by atoms with Gasteiger partial charge in [0.05, 0.1) is 5.52 Å². The molecule has 4 heteroatoms. The molecule has 0 aliphatic rings. The van der Waals surface area contributed by atoms with Crippen LogP contribution < -0.4 is 11.1 Å². The van der Waals surface area contributed by atoms with Crippen LogP contribution in [0.2, 0.25) is 0 Å². The molecule has 0 aliphatic heterocycles. The molecule has 1 aromatic heterocycles. The van der Waals surface area contributed by atoms with Gasteiger partial charge < -0.3 is 9.73 Å². The molecule has 0 atom stereocenters. The van der Waals surface area contributed by atoms with Crippen molar-refractivity contribution in [3.05, 3.63) is 28.7 Å². The number of aromatic amines is 1. The van der Waals surface area contributed by atoms with Gasteiger partial charge in [-0.3, -0.25) is 4.98 Å². The minimum Gasteiger partial charge on any atom is -0.408 e. The van der Waals surface area contributed by atoms with E-state index in [2.05, 4.69) is 17.2 Å². The average Bonchev–Trinajstić information content (AvgIpc) is 2.68. The molecule has 1 heterocycles. The molecule has 1 aromatic carbocycles. The summed E-state index contributed by atoms with van der Waals surface area (Å²) in [5.74, 6) is -0.403. The second-order valence-electron chi connectivity index (χ2n) is 4.21. The van der Waals surface area contributed by atoms with Crippen molar-refractivity contribution < 1.29 is 4.42 Å². The van der Waals surface area contributed by atoms with E-state index in [1.807, 2.05) is 18.2 Å². The lowest BCUT2D eigenvalue weighted by molar-refractivity contribution is 0.555. The minimum absolute atomic E-state index is 0.403. The molecule has 0 amide bonds. The lowest BCUT2D eigenvalue weighted by atomic mass is 10.2. The summed E-state index contributed by atoms with van der Waals surface area (Å²) < 4.78 is 4.94. The molecule has 2 aromatic rings. The van der Waals surface area contributed by atoms with Gasteiger partial charge in [0.1, 0.15) is 0 Å². The van der Waals surface area contributed by atoms with Crippen molar-refractivity contribution in [2.24, 2.45) is 0 Å². The van der Waals surface area contributed by atoms with Crippen LogP contribution in [-0.2, 0) is 0 Å². The van der Waals surface area contributed by atoms with E-state index >= 15 is 0 Å². The average molecular weight is 234 g/mol. The van der Waals surface area contributed by atoms with Gasteiger partial charge in [-0.1, -0.05) is 26.2 Å². The molecule has 0 aliphatic carbocycles. The number of hydrogen-bond acceptors (Lipinski definition) is 3. The van der Waals surface area contributed by atoms with E-state index in [4.69, 9.17) is 4.42 Å². The van der Waals surface area contributed by atoms with Crippen molar-refractivity contribution >= 4 is 16.8 Å². The SMILES string of the molecule is CCCCCCNc1ccc2oc(=O)[nH]c2c1. The van der Waals surface area contributed by atoms with Crippen LogP contribution >= 0.6 is 0 Å². The first-order chi connectivity index (χ1) is 8.29. The van der Waals surface area contributed by atoms with E-state index in [9.17, 15) is 4.79 Å². The van der Waals surface area contributed by atoms with E-state index in [1.165, 1.54) is 25.7 Å². The van der Waals surface area contributed by atoms with Crippen LogP contribution in [0.25, 0.3) is 11.1 Å². The van der Waals surface area contributed by atoms with Gasteiger partial charge in [-0.25, -0.2) is 4.79 Å². The van der Waals surface area contributed by atoms with Gasteiger partial charge in [0.25, 0.3) is 0 Å². The third kappa shape index (κ3) is 3.12. The van der Waals surface area contributed by atoms with E-state index in [1.54, 1.807) is 0 Å². The summed E-state index contributed by atoms with van der Waals surface area (Å²) in [6, 6.07) is 5.64. The topological polar surface area (TPSA) is 58.0 Å². The molecule has 4 nitrogen and oxygen atoms in total. The fraction of sp³-hybridized carbons (Fsp3) is 0.462. The lowest BCUT2D eigenvalue weighted by Crippen LogP contribution is -2.01. The van der Waals surface area contributed by atoms with Gasteiger partial charge >= 0.3 is 5.76 Å². The van der Waals surface area contributed by atoms with Gasteiger partial charge in [-0.05, 0) is 24.6 Å². The quantitative estimate of drug-likeness (QED) is 0.755. The maximum absolute atomic E-state index is 11.0. The molecule has 0 radical (unpaired) electrons. The Morgan fingerprint density at radius 1 is 1.29 bits per heavy atom. The number of rotatable bonds is 6. The molecule has 0 saturated heterocycles. The molecule has 17 heavy (non-hydrogen) atoms. The Morgan fingerprint density at radius 2 is 2.18 bits per heavy atom. The predicted molar refractivity (Wildman–Crippen MR) is 69.5 cm³/mol. The highest BCUT2D eigenvalue weighted by atomic mass is 16.4. The van der Waals surface area contributed by atoms with Gasteiger partial charge in [0.2, 0.25) is 0 Å². The third-order valence-corrected chi connectivity index (χ3v) is 2.78. The Kier molecular flexibility index (Phi) is 3.85. The largest absolute Gasteiger partial charge is 0.417 e. The Morgan fingerprint density at radius 3 is 3.00 bits per heavy atom. The van der Waals surface area contributed by atoms with Crippen molar-refractivity contribution in [1.29, 1.82) is 0 Å². The molecule has 0 spiro atoms. The van der Waals surface area contributed by atoms with Crippen LogP contribution in [0, 0.1) is 0 Å². The first-order valence-electron chi connectivity index (χ1n) is 6.16. The second kappa shape index (κ2) is 5.57. The van der Waals surface area contributed by atoms with E-state index in [0.29, 0.717) is 5.58 Å². The Labute approximate surface area is 100 Å². The number of fused-ring (bicyclic) bond motifs is 1. The number of aromatic nitrogens is 1. The molecule has 2 rings (SSSR count). The summed E-state index contributed by atoms with van der Waals surface area (Å²) >= 11 is 0. The summed E-state index contributed by atoms with van der Waals surface area (Å²) in [4.78, 5) is 13.6. The Bertz CT molecular complexity index is 527. The highest BCUT2D eigenvalue weighted by Gasteiger charge is 2.01. The summed E-state index contributed by atoms with van der Waals surface area (Å²) in [5.41, 5.74) is 2.37. The fourth-order valence-corrected chi connectivity index (χ4v) is 1.85. The molecule has 2 N–H and O–H groups in total. The lowest BCUT2D eigenvalue weighted by Gasteiger charge is -2.05. The summed E-state index contributed by atoms with van der Waals surface area (Å²) in [5, 5.41) is 3.34. The van der Waals surface area contributed by atoms with Crippen molar-refractivity contribution in [3.63, 3.8) is 0 Å². The first-order valence-corrected chi connectivity index (χ1v) is 6.16. The number of hydrogen-bond donors (Lipinski definition) is 2. The van der Waals surface area contributed by atoms with E-state index in [-0.39, 0.29) is 0 Å². The van der Waals surface area contributed by atoms with Gasteiger partial charge in [0, 0.05) is 12.2 Å². The number of oxazole rings is 1. The number of benzene rings is 1. The third-order valence-electron chi connectivity index (χ3n) is 2.78. The fourth-order valence-electron chi connectivity index (χ4n) is 1.85. The van der Waals surface area contributed by atoms with Crippen LogP contribution in [-0.4, -0.2) is 11.5 Å². The van der Waals surface area contributed by atoms with Crippen molar-refractivity contribution in [2.75, 3.05) is 11.9 Å². The smallest absolute Gasteiger partial charge is 0.408 e.